The molecule has 3 aliphatic rings. The normalized spacial score (nSPS) is 37.7. The fourth-order valence-electron chi connectivity index (χ4n) is 3.89. The summed E-state index contributed by atoms with van der Waals surface area (Å²) in [6, 6.07) is 0. The van der Waals surface area contributed by atoms with E-state index in [0.29, 0.717) is 5.41 Å². The van der Waals surface area contributed by atoms with Crippen molar-refractivity contribution in [3.8, 4) is 0 Å². The Morgan fingerprint density at radius 3 is 3.07 bits per heavy atom. The average Bonchev–Trinajstić information content (AvgIpc) is 2.62. The van der Waals surface area contributed by atoms with Crippen molar-refractivity contribution in [3.63, 3.8) is 0 Å². The molecule has 0 aromatic heterocycles. The van der Waals surface area contributed by atoms with Crippen molar-refractivity contribution in [2.45, 2.75) is 52.4 Å². The molecule has 2 atom stereocenters. The molecular formula is C15H22. The fourth-order valence-corrected chi connectivity index (χ4v) is 3.89. The van der Waals surface area contributed by atoms with Crippen LogP contribution in [0.1, 0.15) is 52.4 Å². The van der Waals surface area contributed by atoms with Gasteiger partial charge in [-0.3, -0.25) is 0 Å². The van der Waals surface area contributed by atoms with E-state index in [1.54, 1.807) is 11.1 Å². The van der Waals surface area contributed by atoms with Gasteiger partial charge in [0.25, 0.3) is 0 Å². The first kappa shape index (κ1) is 9.69. The molecule has 1 fully saturated rings. The van der Waals surface area contributed by atoms with Crippen molar-refractivity contribution in [2.75, 3.05) is 0 Å². The third-order valence-corrected chi connectivity index (χ3v) is 4.93. The predicted octanol–water partition coefficient (Wildman–Crippen LogP) is 4.48. The van der Waals surface area contributed by atoms with E-state index in [1.165, 1.54) is 38.5 Å². The van der Waals surface area contributed by atoms with Crippen LogP contribution in [0.15, 0.2) is 23.3 Å². The van der Waals surface area contributed by atoms with Gasteiger partial charge >= 0.3 is 0 Å². The number of hydrogen-bond donors (Lipinski definition) is 0. The molecule has 0 saturated heterocycles. The SMILES string of the molecule is CC1(C)CCC=C2C=C3CCCC3CC21. The molecule has 0 nitrogen and oxygen atoms in total. The van der Waals surface area contributed by atoms with Gasteiger partial charge in [-0.05, 0) is 61.3 Å². The van der Waals surface area contributed by atoms with E-state index < -0.39 is 0 Å². The van der Waals surface area contributed by atoms with E-state index in [0.717, 1.165) is 11.8 Å². The number of hydrogen-bond acceptors (Lipinski definition) is 0. The summed E-state index contributed by atoms with van der Waals surface area (Å²) in [7, 11) is 0. The predicted molar refractivity (Wildman–Crippen MR) is 64.6 cm³/mol. The van der Waals surface area contributed by atoms with Crippen molar-refractivity contribution in [1.29, 1.82) is 0 Å². The summed E-state index contributed by atoms with van der Waals surface area (Å²) in [6.45, 7) is 4.94. The molecule has 0 N–H and O–H groups in total. The topological polar surface area (TPSA) is 0 Å². The zero-order chi connectivity index (χ0) is 10.5. The first-order valence-electron chi connectivity index (χ1n) is 6.57. The monoisotopic (exact) mass is 202 g/mol. The van der Waals surface area contributed by atoms with Crippen LogP contribution in [0.3, 0.4) is 0 Å². The summed E-state index contributed by atoms with van der Waals surface area (Å²) in [5.74, 6) is 1.81. The highest BCUT2D eigenvalue weighted by Crippen LogP contribution is 2.51. The number of fused-ring (bicyclic) bond motifs is 2. The van der Waals surface area contributed by atoms with E-state index in [9.17, 15) is 0 Å². The van der Waals surface area contributed by atoms with E-state index in [2.05, 4.69) is 26.0 Å². The van der Waals surface area contributed by atoms with Crippen molar-refractivity contribution in [2.24, 2.45) is 17.3 Å². The highest BCUT2D eigenvalue weighted by atomic mass is 14.4. The lowest BCUT2D eigenvalue weighted by atomic mass is 9.62. The Hall–Kier alpha value is -0.520. The van der Waals surface area contributed by atoms with E-state index in [1.807, 2.05) is 0 Å². The molecule has 0 bridgehead atoms. The van der Waals surface area contributed by atoms with Gasteiger partial charge in [0.15, 0.2) is 0 Å². The molecule has 0 aliphatic heterocycles. The Labute approximate surface area is 93.5 Å². The molecule has 0 aromatic carbocycles. The van der Waals surface area contributed by atoms with Crippen molar-refractivity contribution in [1.82, 2.24) is 0 Å². The van der Waals surface area contributed by atoms with Gasteiger partial charge in [-0.25, -0.2) is 0 Å². The molecule has 82 valence electrons. The van der Waals surface area contributed by atoms with Gasteiger partial charge in [0.1, 0.15) is 0 Å². The molecule has 0 heterocycles. The molecular weight excluding hydrogens is 180 g/mol. The summed E-state index contributed by atoms with van der Waals surface area (Å²) in [5.41, 5.74) is 4.00. The summed E-state index contributed by atoms with van der Waals surface area (Å²) in [4.78, 5) is 0. The van der Waals surface area contributed by atoms with Crippen molar-refractivity contribution < 1.29 is 0 Å². The zero-order valence-corrected chi connectivity index (χ0v) is 10.1. The quantitative estimate of drug-likeness (QED) is 0.543. The Bertz CT molecular complexity index is 330. The van der Waals surface area contributed by atoms with Gasteiger partial charge < -0.3 is 0 Å². The lowest BCUT2D eigenvalue weighted by Crippen LogP contribution is -2.32. The van der Waals surface area contributed by atoms with Crippen LogP contribution in [0.2, 0.25) is 0 Å². The second-order valence-corrected chi connectivity index (χ2v) is 6.33. The number of rotatable bonds is 0. The Kier molecular flexibility index (Phi) is 2.09. The summed E-state index contributed by atoms with van der Waals surface area (Å²) in [5, 5.41) is 0. The molecule has 3 aliphatic carbocycles. The smallest absolute Gasteiger partial charge is 0.0108 e. The van der Waals surface area contributed by atoms with Crippen LogP contribution in [-0.2, 0) is 0 Å². The molecule has 0 aromatic rings. The lowest BCUT2D eigenvalue weighted by Gasteiger charge is -2.42. The van der Waals surface area contributed by atoms with Crippen LogP contribution in [0.25, 0.3) is 0 Å². The molecule has 15 heavy (non-hydrogen) atoms. The van der Waals surface area contributed by atoms with E-state index in [4.69, 9.17) is 0 Å². The first-order valence-corrected chi connectivity index (χ1v) is 6.57. The molecule has 2 unspecified atom stereocenters. The molecule has 0 heteroatoms. The Balaban J connectivity index is 1.97. The minimum absolute atomic E-state index is 0.550. The molecule has 0 spiro atoms. The molecule has 3 rings (SSSR count). The van der Waals surface area contributed by atoms with Gasteiger partial charge in [0.05, 0.1) is 0 Å². The first-order chi connectivity index (χ1) is 7.17. The highest BCUT2D eigenvalue weighted by molar-refractivity contribution is 5.35. The molecule has 1 saturated carbocycles. The fraction of sp³-hybridized carbons (Fsp3) is 0.733. The van der Waals surface area contributed by atoms with Crippen LogP contribution < -0.4 is 0 Å². The molecule has 0 amide bonds. The van der Waals surface area contributed by atoms with Gasteiger partial charge in [-0.1, -0.05) is 31.6 Å². The minimum atomic E-state index is 0.550. The third-order valence-electron chi connectivity index (χ3n) is 4.93. The van der Waals surface area contributed by atoms with Crippen molar-refractivity contribution in [3.05, 3.63) is 23.3 Å². The maximum Gasteiger partial charge on any atom is -0.0108 e. The maximum absolute atomic E-state index is 2.56. The van der Waals surface area contributed by atoms with Crippen molar-refractivity contribution >= 4 is 0 Å². The van der Waals surface area contributed by atoms with Crippen LogP contribution in [0.5, 0.6) is 0 Å². The average molecular weight is 202 g/mol. The zero-order valence-electron chi connectivity index (χ0n) is 10.1. The Morgan fingerprint density at radius 2 is 2.20 bits per heavy atom. The summed E-state index contributed by atoms with van der Waals surface area (Å²) >= 11 is 0. The van der Waals surface area contributed by atoms with Crippen LogP contribution in [0, 0.1) is 17.3 Å². The standard InChI is InChI=1S/C15H22/c1-15(2)8-4-7-13-9-11-5-3-6-12(11)10-14(13)15/h7,9,12,14H,3-6,8,10H2,1-2H3. The third kappa shape index (κ3) is 1.49. The van der Waals surface area contributed by atoms with Gasteiger partial charge in [-0.2, -0.15) is 0 Å². The van der Waals surface area contributed by atoms with Crippen LogP contribution >= 0.6 is 0 Å². The minimum Gasteiger partial charge on any atom is -0.0810 e. The lowest BCUT2D eigenvalue weighted by molar-refractivity contribution is 0.186. The highest BCUT2D eigenvalue weighted by Gasteiger charge is 2.39. The van der Waals surface area contributed by atoms with Crippen LogP contribution in [0.4, 0.5) is 0 Å². The Morgan fingerprint density at radius 1 is 1.33 bits per heavy atom. The van der Waals surface area contributed by atoms with E-state index in [-0.39, 0.29) is 0 Å². The van der Waals surface area contributed by atoms with E-state index >= 15 is 0 Å². The van der Waals surface area contributed by atoms with Gasteiger partial charge in [0, 0.05) is 0 Å². The maximum atomic E-state index is 2.56. The largest absolute Gasteiger partial charge is 0.0810 e. The van der Waals surface area contributed by atoms with Crippen LogP contribution in [-0.4, -0.2) is 0 Å². The summed E-state index contributed by atoms with van der Waals surface area (Å²) < 4.78 is 0. The molecule has 0 radical (unpaired) electrons. The number of allylic oxidation sites excluding steroid dienone is 4. The second kappa shape index (κ2) is 3.23. The second-order valence-electron chi connectivity index (χ2n) is 6.33. The van der Waals surface area contributed by atoms with Gasteiger partial charge in [-0.15, -0.1) is 0 Å². The summed E-state index contributed by atoms with van der Waals surface area (Å²) in [6.07, 6.45) is 13.5. The van der Waals surface area contributed by atoms with Gasteiger partial charge in [0.2, 0.25) is 0 Å².